The normalized spacial score (nSPS) is 25.7. The topological polar surface area (TPSA) is 41.7 Å². The summed E-state index contributed by atoms with van der Waals surface area (Å²) >= 11 is 0. The Labute approximate surface area is 106 Å². The van der Waals surface area contributed by atoms with Crippen LogP contribution in [0.15, 0.2) is 23.9 Å². The van der Waals surface area contributed by atoms with Gasteiger partial charge in [0.1, 0.15) is 5.75 Å². The van der Waals surface area contributed by atoms with Gasteiger partial charge < -0.3 is 9.90 Å². The number of hydrogen-bond donors (Lipinski definition) is 1. The third-order valence-electron chi connectivity index (χ3n) is 4.06. The van der Waals surface area contributed by atoms with Crippen LogP contribution in [-0.4, -0.2) is 10.9 Å². The molecule has 0 spiro atoms. The Morgan fingerprint density at radius 2 is 2.22 bits per heavy atom. The first-order chi connectivity index (χ1) is 8.55. The van der Waals surface area contributed by atoms with Crippen LogP contribution in [-0.2, 0) is 11.2 Å². The predicted octanol–water partition coefficient (Wildman–Crippen LogP) is 2.95. The number of benzene rings is 1. The molecule has 0 aliphatic heterocycles. The monoisotopic (exact) mass is 239 g/mol. The van der Waals surface area contributed by atoms with E-state index in [1.807, 2.05) is 6.07 Å². The first-order valence-corrected chi connectivity index (χ1v) is 6.03. The molecule has 1 unspecified atom stereocenters. The number of allylic oxidation sites excluding steroid dienone is 2. The minimum atomic E-state index is -0.121. The second-order valence-corrected chi connectivity index (χ2v) is 5.34. The van der Waals surface area contributed by atoms with Gasteiger partial charge in [0.15, 0.2) is 5.78 Å². The molecule has 90 valence electrons. The van der Waals surface area contributed by atoms with Crippen LogP contribution < -0.4 is 0 Å². The van der Waals surface area contributed by atoms with E-state index in [-0.39, 0.29) is 16.9 Å². The largest absolute Gasteiger partial charge is 0.508 e. The standard InChI is InChI=1S/C15H13NO2/c1-15-6-5-12(18)14(16-2)13(15)11-4-3-10(17)7-9(11)8-15/h3-4,7,17H,5-6,8H2,1H3. The number of fused-ring (bicyclic) bond motifs is 3. The highest BCUT2D eigenvalue weighted by Gasteiger charge is 2.44. The van der Waals surface area contributed by atoms with Gasteiger partial charge in [-0.15, -0.1) is 0 Å². The molecule has 0 saturated heterocycles. The van der Waals surface area contributed by atoms with E-state index < -0.39 is 0 Å². The molecule has 0 bridgehead atoms. The molecular formula is C15H13NO2. The van der Waals surface area contributed by atoms with Crippen LogP contribution in [0.4, 0.5) is 0 Å². The highest BCUT2D eigenvalue weighted by atomic mass is 16.3. The molecule has 2 aliphatic carbocycles. The average Bonchev–Trinajstić information content (AvgIpc) is 2.61. The maximum atomic E-state index is 11.9. The fourth-order valence-electron chi connectivity index (χ4n) is 3.20. The molecule has 1 aromatic rings. The van der Waals surface area contributed by atoms with E-state index in [1.165, 1.54) is 0 Å². The SMILES string of the molecule is [C-]#[N+]C1=C2c3ccc(O)cc3CC2(C)CCC1=O. The number of carbonyl (C=O) groups is 1. The Morgan fingerprint density at radius 1 is 1.44 bits per heavy atom. The molecule has 0 radical (unpaired) electrons. The van der Waals surface area contributed by atoms with Gasteiger partial charge in [-0.05, 0) is 47.1 Å². The van der Waals surface area contributed by atoms with Crippen LogP contribution in [0, 0.1) is 12.0 Å². The number of hydrogen-bond acceptors (Lipinski definition) is 2. The number of ketones is 1. The summed E-state index contributed by atoms with van der Waals surface area (Å²) in [5.41, 5.74) is 3.08. The van der Waals surface area contributed by atoms with Gasteiger partial charge in [-0.1, -0.05) is 13.0 Å². The lowest BCUT2D eigenvalue weighted by Gasteiger charge is -2.30. The van der Waals surface area contributed by atoms with Crippen LogP contribution in [0.25, 0.3) is 10.4 Å². The Morgan fingerprint density at radius 3 is 2.94 bits per heavy atom. The number of rotatable bonds is 0. The third kappa shape index (κ3) is 1.32. The molecule has 3 nitrogen and oxygen atoms in total. The van der Waals surface area contributed by atoms with E-state index >= 15 is 0 Å². The zero-order chi connectivity index (χ0) is 12.9. The predicted molar refractivity (Wildman–Crippen MR) is 67.7 cm³/mol. The minimum absolute atomic E-state index is 0.0431. The van der Waals surface area contributed by atoms with E-state index in [4.69, 9.17) is 6.57 Å². The van der Waals surface area contributed by atoms with Crippen molar-refractivity contribution in [2.45, 2.75) is 26.2 Å². The molecule has 2 aliphatic rings. The van der Waals surface area contributed by atoms with Crippen LogP contribution in [0.3, 0.4) is 0 Å². The van der Waals surface area contributed by atoms with Gasteiger partial charge in [0.25, 0.3) is 0 Å². The Hall–Kier alpha value is -2.08. The molecule has 0 heterocycles. The van der Waals surface area contributed by atoms with Gasteiger partial charge in [0.05, 0.1) is 6.57 Å². The highest BCUT2D eigenvalue weighted by Crippen LogP contribution is 2.54. The summed E-state index contributed by atoms with van der Waals surface area (Å²) in [4.78, 5) is 15.3. The first kappa shape index (κ1) is 11.0. The van der Waals surface area contributed by atoms with E-state index in [0.717, 1.165) is 29.5 Å². The van der Waals surface area contributed by atoms with Crippen LogP contribution in [0.5, 0.6) is 5.75 Å². The molecule has 0 amide bonds. The summed E-state index contributed by atoms with van der Waals surface area (Å²) < 4.78 is 0. The van der Waals surface area contributed by atoms with Crippen molar-refractivity contribution in [3.05, 3.63) is 46.4 Å². The van der Waals surface area contributed by atoms with Crippen molar-refractivity contribution in [1.82, 2.24) is 0 Å². The van der Waals surface area contributed by atoms with Crippen molar-refractivity contribution in [3.8, 4) is 5.75 Å². The summed E-state index contributed by atoms with van der Waals surface area (Å²) in [6.45, 7) is 9.35. The number of phenolic OH excluding ortho intramolecular Hbond substituents is 1. The van der Waals surface area contributed by atoms with E-state index in [1.54, 1.807) is 12.1 Å². The number of aromatic hydroxyl groups is 1. The van der Waals surface area contributed by atoms with Crippen LogP contribution >= 0.6 is 0 Å². The molecule has 0 fully saturated rings. The minimum Gasteiger partial charge on any atom is -0.508 e. The average molecular weight is 239 g/mol. The van der Waals surface area contributed by atoms with Crippen molar-refractivity contribution in [3.63, 3.8) is 0 Å². The van der Waals surface area contributed by atoms with Crippen molar-refractivity contribution >= 4 is 11.4 Å². The Bertz CT molecular complexity index is 636. The van der Waals surface area contributed by atoms with E-state index in [0.29, 0.717) is 12.1 Å². The first-order valence-electron chi connectivity index (χ1n) is 6.03. The molecule has 0 aromatic heterocycles. The summed E-state index contributed by atoms with van der Waals surface area (Å²) in [6.07, 6.45) is 2.05. The number of nitrogens with zero attached hydrogens (tertiary/aromatic N) is 1. The molecular weight excluding hydrogens is 226 g/mol. The zero-order valence-corrected chi connectivity index (χ0v) is 10.2. The third-order valence-corrected chi connectivity index (χ3v) is 4.06. The molecule has 3 rings (SSSR count). The quantitative estimate of drug-likeness (QED) is 0.707. The van der Waals surface area contributed by atoms with Gasteiger partial charge in [-0.2, -0.15) is 0 Å². The maximum Gasteiger partial charge on any atom is 0.233 e. The van der Waals surface area contributed by atoms with Gasteiger partial charge in [-0.25, -0.2) is 4.85 Å². The summed E-state index contributed by atoms with van der Waals surface area (Å²) in [5, 5.41) is 9.55. The lowest BCUT2D eigenvalue weighted by Crippen LogP contribution is -2.24. The Balaban J connectivity index is 2.31. The molecule has 1 N–H and O–H groups in total. The fraction of sp³-hybridized carbons (Fsp3) is 0.333. The molecule has 18 heavy (non-hydrogen) atoms. The Kier molecular flexibility index (Phi) is 2.12. The van der Waals surface area contributed by atoms with Gasteiger partial charge in [0.2, 0.25) is 5.70 Å². The van der Waals surface area contributed by atoms with Crippen molar-refractivity contribution in [2.24, 2.45) is 5.41 Å². The molecule has 1 atom stereocenters. The van der Waals surface area contributed by atoms with Crippen LogP contribution in [0.1, 0.15) is 30.9 Å². The lowest BCUT2D eigenvalue weighted by atomic mass is 9.73. The maximum absolute atomic E-state index is 11.9. The van der Waals surface area contributed by atoms with Crippen molar-refractivity contribution in [2.75, 3.05) is 0 Å². The van der Waals surface area contributed by atoms with Crippen molar-refractivity contribution < 1.29 is 9.90 Å². The number of Topliss-reactive ketones (excluding diaryl/α,β-unsaturated/α-hetero) is 1. The van der Waals surface area contributed by atoms with Crippen LogP contribution in [0.2, 0.25) is 0 Å². The van der Waals surface area contributed by atoms with E-state index in [2.05, 4.69) is 11.8 Å². The van der Waals surface area contributed by atoms with Crippen molar-refractivity contribution in [1.29, 1.82) is 0 Å². The zero-order valence-electron chi connectivity index (χ0n) is 10.2. The highest BCUT2D eigenvalue weighted by molar-refractivity contribution is 6.07. The summed E-state index contributed by atoms with van der Waals surface area (Å²) in [6, 6.07) is 5.20. The van der Waals surface area contributed by atoms with E-state index in [9.17, 15) is 9.90 Å². The van der Waals surface area contributed by atoms with Gasteiger partial charge >= 0.3 is 0 Å². The lowest BCUT2D eigenvalue weighted by molar-refractivity contribution is -0.116. The molecule has 3 heteroatoms. The number of phenols is 1. The summed E-state index contributed by atoms with van der Waals surface area (Å²) in [5.74, 6) is 0.200. The smallest absolute Gasteiger partial charge is 0.233 e. The van der Waals surface area contributed by atoms with Gasteiger partial charge in [0, 0.05) is 6.42 Å². The van der Waals surface area contributed by atoms with Gasteiger partial charge in [-0.3, -0.25) is 0 Å². The second-order valence-electron chi connectivity index (χ2n) is 5.34. The molecule has 0 saturated carbocycles. The number of carbonyl (C=O) groups excluding carboxylic acids is 1. The second kappa shape index (κ2) is 3.46. The fourth-order valence-corrected chi connectivity index (χ4v) is 3.20. The summed E-state index contributed by atoms with van der Waals surface area (Å²) in [7, 11) is 0. The molecule has 1 aromatic carbocycles.